The quantitative estimate of drug-likeness (QED) is 0.762. The monoisotopic (exact) mass is 215 g/mol. The van der Waals surface area contributed by atoms with E-state index in [1.54, 1.807) is 0 Å². The van der Waals surface area contributed by atoms with Gasteiger partial charge in [0, 0.05) is 12.5 Å². The summed E-state index contributed by atoms with van der Waals surface area (Å²) in [5.74, 6) is 0.323. The average Bonchev–Trinajstić information content (AvgIpc) is 2.14. The van der Waals surface area contributed by atoms with Crippen LogP contribution in [-0.2, 0) is 4.79 Å². The first-order chi connectivity index (χ1) is 6.87. The Morgan fingerprint density at radius 3 is 2.07 bits per heavy atom. The zero-order chi connectivity index (χ0) is 12.5. The molecule has 0 rings (SSSR count). The molecule has 0 spiro atoms. The van der Waals surface area contributed by atoms with Gasteiger partial charge in [0.1, 0.15) is 0 Å². The third kappa shape index (κ3) is 11.4. The first-order valence-corrected chi connectivity index (χ1v) is 6.14. The van der Waals surface area contributed by atoms with Gasteiger partial charge in [0.2, 0.25) is 5.91 Å². The first-order valence-electron chi connectivity index (χ1n) is 6.14. The van der Waals surface area contributed by atoms with Crippen LogP contribution in [-0.4, -0.2) is 12.5 Å². The Morgan fingerprint density at radius 2 is 1.73 bits per heavy atom. The van der Waals surface area contributed by atoms with Crippen molar-refractivity contribution in [3.63, 3.8) is 0 Å². The van der Waals surface area contributed by atoms with Crippen molar-refractivity contribution in [3.05, 3.63) is 0 Å². The van der Waals surface area contributed by atoms with Crippen molar-refractivity contribution >= 4 is 5.91 Å². The summed E-state index contributed by atoms with van der Waals surface area (Å²) in [5.41, 5.74) is 0.239. The molecule has 1 N–H and O–H groups in total. The van der Waals surface area contributed by atoms with E-state index in [1.807, 2.05) is 20.8 Å². The number of hydrogen-bond acceptors (Lipinski definition) is 1. The van der Waals surface area contributed by atoms with Crippen LogP contribution in [0.1, 0.15) is 61.3 Å². The highest BCUT2D eigenvalue weighted by atomic mass is 16.1. The Balaban J connectivity index is 0. The van der Waals surface area contributed by atoms with Gasteiger partial charge < -0.3 is 5.32 Å². The first kappa shape index (κ1) is 16.9. The molecule has 0 saturated heterocycles. The molecule has 0 aromatic rings. The van der Waals surface area contributed by atoms with Gasteiger partial charge in [-0.2, -0.15) is 0 Å². The fourth-order valence-corrected chi connectivity index (χ4v) is 1.43. The number of carbonyl (C=O) groups excluding carboxylic acids is 1. The van der Waals surface area contributed by atoms with Crippen LogP contribution in [0.5, 0.6) is 0 Å². The number of carbonyl (C=O) groups is 1. The van der Waals surface area contributed by atoms with Crippen molar-refractivity contribution in [2.24, 2.45) is 11.3 Å². The van der Waals surface area contributed by atoms with Gasteiger partial charge >= 0.3 is 0 Å². The molecule has 0 aliphatic carbocycles. The van der Waals surface area contributed by atoms with Crippen LogP contribution in [0.15, 0.2) is 0 Å². The zero-order valence-corrected chi connectivity index (χ0v) is 11.6. The van der Waals surface area contributed by atoms with Crippen LogP contribution >= 0.6 is 0 Å². The SMILES string of the molecule is CC.CCCNC(=O)C(C)CC(C)(C)C. The Labute approximate surface area is 95.8 Å². The molecule has 2 heteroatoms. The molecule has 0 aliphatic rings. The largest absolute Gasteiger partial charge is 0.356 e. The minimum Gasteiger partial charge on any atom is -0.356 e. The second-order valence-corrected chi connectivity index (χ2v) is 4.96. The van der Waals surface area contributed by atoms with Crippen LogP contribution in [0, 0.1) is 11.3 Å². The third-order valence-electron chi connectivity index (χ3n) is 1.92. The normalized spacial score (nSPS) is 12.5. The Bertz CT molecular complexity index is 158. The van der Waals surface area contributed by atoms with Gasteiger partial charge in [-0.15, -0.1) is 0 Å². The Kier molecular flexibility index (Phi) is 9.85. The topological polar surface area (TPSA) is 29.1 Å². The molecule has 2 nitrogen and oxygen atoms in total. The van der Waals surface area contributed by atoms with Gasteiger partial charge in [0.25, 0.3) is 0 Å². The van der Waals surface area contributed by atoms with Crippen molar-refractivity contribution in [1.82, 2.24) is 5.32 Å². The summed E-state index contributed by atoms with van der Waals surface area (Å²) in [4.78, 5) is 11.5. The molecular weight excluding hydrogens is 186 g/mol. The van der Waals surface area contributed by atoms with Gasteiger partial charge in [-0.3, -0.25) is 4.79 Å². The lowest BCUT2D eigenvalue weighted by atomic mass is 9.85. The molecule has 0 heterocycles. The van der Waals surface area contributed by atoms with Crippen LogP contribution in [0.25, 0.3) is 0 Å². The van der Waals surface area contributed by atoms with E-state index in [0.29, 0.717) is 0 Å². The maximum absolute atomic E-state index is 11.5. The van der Waals surface area contributed by atoms with Gasteiger partial charge in [-0.1, -0.05) is 48.5 Å². The van der Waals surface area contributed by atoms with Gasteiger partial charge in [-0.05, 0) is 18.3 Å². The van der Waals surface area contributed by atoms with Crippen molar-refractivity contribution in [1.29, 1.82) is 0 Å². The molecule has 0 fully saturated rings. The smallest absolute Gasteiger partial charge is 0.222 e. The minimum atomic E-state index is 0.131. The number of amides is 1. The van der Waals surface area contributed by atoms with Crippen molar-refractivity contribution in [3.8, 4) is 0 Å². The molecule has 1 atom stereocenters. The maximum Gasteiger partial charge on any atom is 0.222 e. The second-order valence-electron chi connectivity index (χ2n) is 4.96. The Hall–Kier alpha value is -0.530. The molecule has 0 saturated carbocycles. The predicted octanol–water partition coefficient (Wildman–Crippen LogP) is 3.61. The molecule has 0 aromatic heterocycles. The van der Waals surface area contributed by atoms with Gasteiger partial charge in [0.05, 0.1) is 0 Å². The summed E-state index contributed by atoms with van der Waals surface area (Å²) in [7, 11) is 0. The molecule has 0 radical (unpaired) electrons. The van der Waals surface area contributed by atoms with Crippen LogP contribution in [0.4, 0.5) is 0 Å². The zero-order valence-electron chi connectivity index (χ0n) is 11.6. The Morgan fingerprint density at radius 1 is 1.27 bits per heavy atom. The highest BCUT2D eigenvalue weighted by molar-refractivity contribution is 5.78. The van der Waals surface area contributed by atoms with Gasteiger partial charge in [-0.25, -0.2) is 0 Å². The summed E-state index contributed by atoms with van der Waals surface area (Å²) in [5, 5.41) is 2.92. The van der Waals surface area contributed by atoms with E-state index in [4.69, 9.17) is 0 Å². The fraction of sp³-hybridized carbons (Fsp3) is 0.923. The van der Waals surface area contributed by atoms with Crippen LogP contribution in [0.3, 0.4) is 0 Å². The third-order valence-corrected chi connectivity index (χ3v) is 1.92. The molecule has 1 unspecified atom stereocenters. The lowest BCUT2D eigenvalue weighted by Gasteiger charge is -2.22. The minimum absolute atomic E-state index is 0.131. The molecule has 0 bridgehead atoms. The molecule has 1 amide bonds. The van der Waals surface area contributed by atoms with E-state index in [0.717, 1.165) is 19.4 Å². The van der Waals surface area contributed by atoms with E-state index in [9.17, 15) is 4.79 Å². The molecule has 0 aliphatic heterocycles. The summed E-state index contributed by atoms with van der Waals surface area (Å²) in [6, 6.07) is 0. The van der Waals surface area contributed by atoms with E-state index in [2.05, 4.69) is 33.0 Å². The lowest BCUT2D eigenvalue weighted by Crippen LogP contribution is -2.31. The average molecular weight is 215 g/mol. The van der Waals surface area contributed by atoms with Gasteiger partial charge in [0.15, 0.2) is 0 Å². The number of nitrogens with one attached hydrogen (secondary N) is 1. The summed E-state index contributed by atoms with van der Waals surface area (Å²) in [6.07, 6.45) is 1.95. The molecular formula is C13H29NO. The molecule has 15 heavy (non-hydrogen) atoms. The standard InChI is InChI=1S/C11H23NO.C2H6/c1-6-7-12-10(13)9(2)8-11(3,4)5;1-2/h9H,6-8H2,1-5H3,(H,12,13);1-2H3. The predicted molar refractivity (Wildman–Crippen MR) is 67.9 cm³/mol. The highest BCUT2D eigenvalue weighted by Gasteiger charge is 2.20. The molecule has 0 aromatic carbocycles. The van der Waals surface area contributed by atoms with E-state index in [-0.39, 0.29) is 17.2 Å². The van der Waals surface area contributed by atoms with E-state index >= 15 is 0 Å². The number of rotatable bonds is 4. The van der Waals surface area contributed by atoms with E-state index in [1.165, 1.54) is 0 Å². The fourth-order valence-electron chi connectivity index (χ4n) is 1.43. The lowest BCUT2D eigenvalue weighted by molar-refractivity contribution is -0.125. The van der Waals surface area contributed by atoms with Crippen molar-refractivity contribution in [2.75, 3.05) is 6.54 Å². The van der Waals surface area contributed by atoms with Crippen molar-refractivity contribution in [2.45, 2.75) is 61.3 Å². The van der Waals surface area contributed by atoms with Crippen LogP contribution < -0.4 is 5.32 Å². The van der Waals surface area contributed by atoms with Crippen LogP contribution in [0.2, 0.25) is 0 Å². The molecule has 92 valence electrons. The maximum atomic E-state index is 11.5. The summed E-state index contributed by atoms with van der Waals surface area (Å²) in [6.45, 7) is 15.3. The highest BCUT2D eigenvalue weighted by Crippen LogP contribution is 2.23. The summed E-state index contributed by atoms with van der Waals surface area (Å²) < 4.78 is 0. The van der Waals surface area contributed by atoms with Crippen molar-refractivity contribution < 1.29 is 4.79 Å². The number of hydrogen-bond donors (Lipinski definition) is 1. The summed E-state index contributed by atoms with van der Waals surface area (Å²) >= 11 is 0. The second kappa shape index (κ2) is 8.75. The van der Waals surface area contributed by atoms with E-state index < -0.39 is 0 Å².